The van der Waals surface area contributed by atoms with Crippen molar-refractivity contribution in [3.8, 4) is 0 Å². The van der Waals surface area contributed by atoms with Gasteiger partial charge in [0.25, 0.3) is 0 Å². The molecule has 2 N–H and O–H groups in total. The first-order valence-corrected chi connectivity index (χ1v) is 2.91. The number of carbonyl (C=O) groups is 1. The molecule has 4 heteroatoms. The van der Waals surface area contributed by atoms with Crippen LogP contribution >= 0.6 is 0 Å². The molecule has 10 heavy (non-hydrogen) atoms. The van der Waals surface area contributed by atoms with E-state index in [1.807, 2.05) is 0 Å². The lowest BCUT2D eigenvalue weighted by Gasteiger charge is -1.86. The molecule has 0 aliphatic heterocycles. The Morgan fingerprint density at radius 2 is 2.40 bits per heavy atom. The number of aryl methyl sites for hydroxylation is 1. The fraction of sp³-hybridized carbons (Fsp3) is 0.333. The molecule has 0 aliphatic rings. The number of rotatable bonds is 1. The van der Waals surface area contributed by atoms with Gasteiger partial charge in [0.2, 0.25) is 0 Å². The third kappa shape index (κ3) is 1.00. The number of nitrogen functional groups attached to an aromatic ring is 1. The number of nitrogens with two attached hydrogens (primary N) is 1. The van der Waals surface area contributed by atoms with Crippen LogP contribution in [0.3, 0.4) is 0 Å². The number of hydrogen-bond acceptors (Lipinski definition) is 3. The van der Waals surface area contributed by atoms with Gasteiger partial charge in [-0.05, 0) is 0 Å². The number of Topliss-reactive ketones (excluding diaryl/α,β-unsaturated/α-hetero) is 1. The molecule has 0 fully saturated rings. The summed E-state index contributed by atoms with van der Waals surface area (Å²) in [5.41, 5.74) is 6.23. The van der Waals surface area contributed by atoms with E-state index in [0.717, 1.165) is 0 Å². The lowest BCUT2D eigenvalue weighted by molar-refractivity contribution is 0.101. The summed E-state index contributed by atoms with van der Waals surface area (Å²) >= 11 is 0. The van der Waals surface area contributed by atoms with Crippen LogP contribution in [0.15, 0.2) is 6.20 Å². The molecule has 0 aliphatic carbocycles. The Hall–Kier alpha value is -1.32. The number of hydrogen-bond donors (Lipinski definition) is 1. The predicted octanol–water partition coefficient (Wildman–Crippen LogP) is 0.205. The monoisotopic (exact) mass is 139 g/mol. The van der Waals surface area contributed by atoms with Gasteiger partial charge in [-0.25, -0.2) is 0 Å². The molecule has 0 amide bonds. The summed E-state index contributed by atoms with van der Waals surface area (Å²) < 4.78 is 1.52. The normalized spacial score (nSPS) is 9.80. The fourth-order valence-corrected chi connectivity index (χ4v) is 0.780. The Morgan fingerprint density at radius 1 is 1.80 bits per heavy atom. The van der Waals surface area contributed by atoms with Crippen molar-refractivity contribution in [2.75, 3.05) is 5.73 Å². The van der Waals surface area contributed by atoms with Crippen LogP contribution in [0.25, 0.3) is 0 Å². The van der Waals surface area contributed by atoms with Crippen molar-refractivity contribution in [1.29, 1.82) is 0 Å². The highest BCUT2D eigenvalue weighted by molar-refractivity contribution is 5.96. The average molecular weight is 139 g/mol. The Morgan fingerprint density at radius 3 is 2.60 bits per heavy atom. The Labute approximate surface area is 58.6 Å². The van der Waals surface area contributed by atoms with E-state index in [4.69, 9.17) is 5.73 Å². The Kier molecular flexibility index (Phi) is 1.45. The zero-order valence-electron chi connectivity index (χ0n) is 5.96. The second-order valence-corrected chi connectivity index (χ2v) is 2.16. The van der Waals surface area contributed by atoms with Crippen LogP contribution in [-0.4, -0.2) is 15.6 Å². The minimum atomic E-state index is -0.0990. The van der Waals surface area contributed by atoms with Crippen LogP contribution in [0.5, 0.6) is 0 Å². The van der Waals surface area contributed by atoms with Gasteiger partial charge in [-0.15, -0.1) is 0 Å². The summed E-state index contributed by atoms with van der Waals surface area (Å²) in [7, 11) is 1.72. The van der Waals surface area contributed by atoms with Gasteiger partial charge in [-0.3, -0.25) is 9.48 Å². The zero-order chi connectivity index (χ0) is 7.72. The lowest BCUT2D eigenvalue weighted by Crippen LogP contribution is -1.98. The number of aromatic nitrogens is 2. The fourth-order valence-electron chi connectivity index (χ4n) is 0.780. The predicted molar refractivity (Wildman–Crippen MR) is 37.6 cm³/mol. The van der Waals surface area contributed by atoms with E-state index in [0.29, 0.717) is 11.4 Å². The molecule has 4 nitrogen and oxygen atoms in total. The van der Waals surface area contributed by atoms with Gasteiger partial charge >= 0.3 is 0 Å². The standard InChI is InChI=1S/C6H9N3O/c1-4(10)6-5(7)3-9(2)8-6/h3H,7H2,1-2H3. The lowest BCUT2D eigenvalue weighted by atomic mass is 10.3. The first-order valence-electron chi connectivity index (χ1n) is 2.91. The van der Waals surface area contributed by atoms with Gasteiger partial charge < -0.3 is 5.73 Å². The molecular weight excluding hydrogens is 130 g/mol. The minimum Gasteiger partial charge on any atom is -0.396 e. The second-order valence-electron chi connectivity index (χ2n) is 2.16. The van der Waals surface area contributed by atoms with Gasteiger partial charge in [0.1, 0.15) is 0 Å². The molecule has 0 unspecified atom stereocenters. The average Bonchev–Trinajstić information content (AvgIpc) is 2.10. The first kappa shape index (κ1) is 6.80. The minimum absolute atomic E-state index is 0.0990. The summed E-state index contributed by atoms with van der Waals surface area (Å²) in [6.45, 7) is 1.44. The quantitative estimate of drug-likeness (QED) is 0.565. The van der Waals surface area contributed by atoms with E-state index in [9.17, 15) is 4.79 Å². The number of ketones is 1. The Bertz CT molecular complexity index is 264. The zero-order valence-corrected chi connectivity index (χ0v) is 5.96. The van der Waals surface area contributed by atoms with Crippen LogP contribution in [0, 0.1) is 0 Å². The van der Waals surface area contributed by atoms with Crippen molar-refractivity contribution in [2.24, 2.45) is 7.05 Å². The van der Waals surface area contributed by atoms with Crippen LogP contribution in [0.1, 0.15) is 17.4 Å². The molecular formula is C6H9N3O. The topological polar surface area (TPSA) is 60.9 Å². The molecule has 0 saturated carbocycles. The van der Waals surface area contributed by atoms with E-state index in [-0.39, 0.29) is 5.78 Å². The molecule has 1 aromatic heterocycles. The van der Waals surface area contributed by atoms with Crippen LogP contribution in [0.4, 0.5) is 5.69 Å². The van der Waals surface area contributed by atoms with Crippen molar-refractivity contribution in [3.63, 3.8) is 0 Å². The highest BCUT2D eigenvalue weighted by atomic mass is 16.1. The molecule has 1 heterocycles. The maximum atomic E-state index is 10.7. The maximum Gasteiger partial charge on any atom is 0.182 e. The van der Waals surface area contributed by atoms with Crippen molar-refractivity contribution in [3.05, 3.63) is 11.9 Å². The van der Waals surface area contributed by atoms with Gasteiger partial charge in [0, 0.05) is 20.2 Å². The van der Waals surface area contributed by atoms with Crippen LogP contribution in [0.2, 0.25) is 0 Å². The van der Waals surface area contributed by atoms with E-state index in [2.05, 4.69) is 5.10 Å². The van der Waals surface area contributed by atoms with Crippen LogP contribution < -0.4 is 5.73 Å². The SMILES string of the molecule is CC(=O)c1nn(C)cc1N. The summed E-state index contributed by atoms with van der Waals surface area (Å²) in [5.74, 6) is -0.0990. The molecule has 1 rings (SSSR count). The largest absolute Gasteiger partial charge is 0.396 e. The summed E-state index contributed by atoms with van der Waals surface area (Å²) in [6, 6.07) is 0. The summed E-state index contributed by atoms with van der Waals surface area (Å²) in [4.78, 5) is 10.7. The highest BCUT2D eigenvalue weighted by Gasteiger charge is 2.07. The van der Waals surface area contributed by atoms with Crippen molar-refractivity contribution in [1.82, 2.24) is 9.78 Å². The number of nitrogens with zero attached hydrogens (tertiary/aromatic N) is 2. The Balaban J connectivity index is 3.15. The third-order valence-corrected chi connectivity index (χ3v) is 1.19. The van der Waals surface area contributed by atoms with E-state index in [1.165, 1.54) is 11.6 Å². The third-order valence-electron chi connectivity index (χ3n) is 1.19. The summed E-state index contributed by atoms with van der Waals surface area (Å²) in [5, 5.41) is 3.85. The molecule has 54 valence electrons. The molecule has 1 aromatic rings. The van der Waals surface area contributed by atoms with E-state index >= 15 is 0 Å². The van der Waals surface area contributed by atoms with Crippen molar-refractivity contribution in [2.45, 2.75) is 6.92 Å². The summed E-state index contributed by atoms with van der Waals surface area (Å²) in [6.07, 6.45) is 1.61. The molecule has 0 saturated heterocycles. The molecule has 0 aromatic carbocycles. The van der Waals surface area contributed by atoms with Crippen LogP contribution in [-0.2, 0) is 7.05 Å². The molecule has 0 bridgehead atoms. The van der Waals surface area contributed by atoms with Gasteiger partial charge in [0.05, 0.1) is 5.69 Å². The van der Waals surface area contributed by atoms with E-state index < -0.39 is 0 Å². The molecule has 0 radical (unpaired) electrons. The number of carbonyl (C=O) groups excluding carboxylic acids is 1. The van der Waals surface area contributed by atoms with Gasteiger partial charge in [-0.2, -0.15) is 5.10 Å². The van der Waals surface area contributed by atoms with Gasteiger partial charge in [-0.1, -0.05) is 0 Å². The van der Waals surface area contributed by atoms with Crippen molar-refractivity contribution < 1.29 is 4.79 Å². The first-order chi connectivity index (χ1) is 4.61. The smallest absolute Gasteiger partial charge is 0.182 e. The molecule has 0 spiro atoms. The second kappa shape index (κ2) is 2.13. The van der Waals surface area contributed by atoms with Crippen molar-refractivity contribution >= 4 is 11.5 Å². The van der Waals surface area contributed by atoms with Gasteiger partial charge in [0.15, 0.2) is 11.5 Å². The molecule has 0 atom stereocenters. The van der Waals surface area contributed by atoms with E-state index in [1.54, 1.807) is 13.2 Å². The maximum absolute atomic E-state index is 10.7. The highest BCUT2D eigenvalue weighted by Crippen LogP contribution is 2.07. The number of anilines is 1.